The maximum atomic E-state index is 14.1. The summed E-state index contributed by atoms with van der Waals surface area (Å²) in [6.07, 6.45) is 1.94. The van der Waals surface area contributed by atoms with Crippen LogP contribution in [0.4, 0.5) is 4.39 Å². The lowest BCUT2D eigenvalue weighted by Gasteiger charge is -2.11. The summed E-state index contributed by atoms with van der Waals surface area (Å²) in [4.78, 5) is 15.5. The summed E-state index contributed by atoms with van der Waals surface area (Å²) < 4.78 is 14.1. The summed E-state index contributed by atoms with van der Waals surface area (Å²) >= 11 is 0. The van der Waals surface area contributed by atoms with E-state index in [4.69, 9.17) is 0 Å². The lowest BCUT2D eigenvalue weighted by molar-refractivity contribution is -0.122. The normalized spacial score (nSPS) is 16.9. The van der Waals surface area contributed by atoms with Crippen LogP contribution < -0.4 is 10.6 Å². The Morgan fingerprint density at radius 3 is 2.88 bits per heavy atom. The Balaban J connectivity index is 1.58. The molecule has 5 heteroatoms. The van der Waals surface area contributed by atoms with Gasteiger partial charge in [0.25, 0.3) is 0 Å². The van der Waals surface area contributed by atoms with Crippen molar-refractivity contribution in [2.45, 2.75) is 32.4 Å². The number of amides is 1. The van der Waals surface area contributed by atoms with E-state index in [-0.39, 0.29) is 17.8 Å². The standard InChI is InChI=1S/C21H22FN3O/c1-13-16-11-14(12-24-21(26)19-7-4-10-23-19)8-9-18(16)25-20(13)15-5-2-3-6-17(15)22/h2-3,5-6,8-9,11,19,23,25H,4,7,10,12H2,1H3,(H,24,26)/t19-/m1/s1. The number of aromatic amines is 1. The second-order valence-corrected chi connectivity index (χ2v) is 6.85. The number of carbonyl (C=O) groups is 1. The van der Waals surface area contributed by atoms with Crippen LogP contribution in [0.1, 0.15) is 24.0 Å². The molecule has 1 atom stereocenters. The van der Waals surface area contributed by atoms with E-state index in [9.17, 15) is 9.18 Å². The molecule has 1 aromatic heterocycles. The van der Waals surface area contributed by atoms with Crippen molar-refractivity contribution in [3.63, 3.8) is 0 Å². The molecule has 1 aliphatic heterocycles. The first kappa shape index (κ1) is 16.8. The number of fused-ring (bicyclic) bond motifs is 1. The smallest absolute Gasteiger partial charge is 0.237 e. The molecule has 0 spiro atoms. The first-order valence-corrected chi connectivity index (χ1v) is 9.00. The van der Waals surface area contributed by atoms with Crippen molar-refractivity contribution in [2.75, 3.05) is 6.54 Å². The van der Waals surface area contributed by atoms with Crippen molar-refractivity contribution in [1.82, 2.24) is 15.6 Å². The third-order valence-electron chi connectivity index (χ3n) is 5.11. The van der Waals surface area contributed by atoms with Gasteiger partial charge in [0.05, 0.1) is 11.7 Å². The first-order valence-electron chi connectivity index (χ1n) is 9.00. The molecule has 1 amide bonds. The maximum absolute atomic E-state index is 14.1. The van der Waals surface area contributed by atoms with Gasteiger partial charge in [-0.05, 0) is 61.7 Å². The molecule has 2 aromatic carbocycles. The summed E-state index contributed by atoms with van der Waals surface area (Å²) in [6.45, 7) is 3.39. The molecule has 1 aliphatic rings. The minimum absolute atomic E-state index is 0.0560. The molecule has 0 aliphatic carbocycles. The van der Waals surface area contributed by atoms with Gasteiger partial charge in [-0.25, -0.2) is 4.39 Å². The Hall–Kier alpha value is -2.66. The van der Waals surface area contributed by atoms with E-state index in [2.05, 4.69) is 21.7 Å². The predicted octanol–water partition coefficient (Wildman–Crippen LogP) is 3.65. The minimum atomic E-state index is -0.237. The largest absolute Gasteiger partial charge is 0.354 e. The average Bonchev–Trinajstić information content (AvgIpc) is 3.29. The van der Waals surface area contributed by atoms with E-state index in [0.29, 0.717) is 12.1 Å². The highest BCUT2D eigenvalue weighted by molar-refractivity contribution is 5.91. The number of hydrogen-bond donors (Lipinski definition) is 3. The van der Waals surface area contributed by atoms with Gasteiger partial charge in [-0.3, -0.25) is 4.79 Å². The molecule has 0 unspecified atom stereocenters. The molecule has 26 heavy (non-hydrogen) atoms. The molecule has 3 N–H and O–H groups in total. The fourth-order valence-corrected chi connectivity index (χ4v) is 3.64. The molecule has 2 heterocycles. The van der Waals surface area contributed by atoms with E-state index in [1.807, 2.05) is 25.1 Å². The van der Waals surface area contributed by atoms with Crippen LogP contribution in [0.3, 0.4) is 0 Å². The van der Waals surface area contributed by atoms with Crippen molar-refractivity contribution in [3.05, 3.63) is 59.4 Å². The molecule has 134 valence electrons. The van der Waals surface area contributed by atoms with Gasteiger partial charge in [0.2, 0.25) is 5.91 Å². The van der Waals surface area contributed by atoms with Gasteiger partial charge >= 0.3 is 0 Å². The lowest BCUT2D eigenvalue weighted by atomic mass is 10.0. The summed E-state index contributed by atoms with van der Waals surface area (Å²) in [7, 11) is 0. The Bertz CT molecular complexity index is 957. The van der Waals surface area contributed by atoms with Gasteiger partial charge < -0.3 is 15.6 Å². The SMILES string of the molecule is Cc1c(-c2ccccc2F)[nH]c2ccc(CNC(=O)[C@H]3CCCN3)cc12. The number of aryl methyl sites for hydroxylation is 1. The lowest BCUT2D eigenvalue weighted by Crippen LogP contribution is -2.39. The molecule has 0 bridgehead atoms. The minimum Gasteiger partial charge on any atom is -0.354 e. The Morgan fingerprint density at radius 2 is 2.12 bits per heavy atom. The number of nitrogens with one attached hydrogen (secondary N) is 3. The van der Waals surface area contributed by atoms with Gasteiger partial charge in [0.1, 0.15) is 5.82 Å². The van der Waals surface area contributed by atoms with Crippen LogP contribution in [-0.4, -0.2) is 23.5 Å². The summed E-state index contributed by atoms with van der Waals surface area (Å²) in [5.41, 5.74) is 4.38. The molecule has 0 radical (unpaired) electrons. The van der Waals surface area contributed by atoms with E-state index >= 15 is 0 Å². The second kappa shape index (κ2) is 6.92. The predicted molar refractivity (Wildman–Crippen MR) is 101 cm³/mol. The third-order valence-corrected chi connectivity index (χ3v) is 5.11. The van der Waals surface area contributed by atoms with Crippen molar-refractivity contribution in [3.8, 4) is 11.3 Å². The molecule has 4 nitrogen and oxygen atoms in total. The number of hydrogen-bond acceptors (Lipinski definition) is 2. The highest BCUT2D eigenvalue weighted by Crippen LogP contribution is 2.31. The summed E-state index contributed by atoms with van der Waals surface area (Å²) in [5.74, 6) is -0.181. The second-order valence-electron chi connectivity index (χ2n) is 6.85. The zero-order valence-corrected chi connectivity index (χ0v) is 14.7. The van der Waals surface area contributed by atoms with Crippen molar-refractivity contribution < 1.29 is 9.18 Å². The van der Waals surface area contributed by atoms with E-state index in [1.54, 1.807) is 12.1 Å². The highest BCUT2D eigenvalue weighted by Gasteiger charge is 2.21. The number of aromatic nitrogens is 1. The van der Waals surface area contributed by atoms with Gasteiger partial charge in [0, 0.05) is 23.0 Å². The highest BCUT2D eigenvalue weighted by atomic mass is 19.1. The van der Waals surface area contributed by atoms with Crippen LogP contribution in [0.15, 0.2) is 42.5 Å². The number of halogens is 1. The number of rotatable bonds is 4. The molecule has 0 saturated carbocycles. The van der Waals surface area contributed by atoms with Gasteiger partial charge in [-0.2, -0.15) is 0 Å². The zero-order valence-electron chi connectivity index (χ0n) is 14.7. The topological polar surface area (TPSA) is 56.9 Å². The van der Waals surface area contributed by atoms with Crippen LogP contribution in [0.5, 0.6) is 0 Å². The first-order chi connectivity index (χ1) is 12.6. The number of carbonyl (C=O) groups excluding carboxylic acids is 1. The van der Waals surface area contributed by atoms with Crippen LogP contribution >= 0.6 is 0 Å². The molecule has 4 rings (SSSR count). The fraction of sp³-hybridized carbons (Fsp3) is 0.286. The third kappa shape index (κ3) is 3.10. The Labute approximate surface area is 151 Å². The monoisotopic (exact) mass is 351 g/mol. The van der Waals surface area contributed by atoms with Gasteiger partial charge in [-0.1, -0.05) is 18.2 Å². The van der Waals surface area contributed by atoms with Crippen LogP contribution in [0.25, 0.3) is 22.2 Å². The van der Waals surface area contributed by atoms with E-state index < -0.39 is 0 Å². The maximum Gasteiger partial charge on any atom is 0.237 e. The summed E-state index contributed by atoms with van der Waals surface area (Å²) in [5, 5.41) is 7.26. The van der Waals surface area contributed by atoms with Crippen molar-refractivity contribution >= 4 is 16.8 Å². The fourth-order valence-electron chi connectivity index (χ4n) is 3.64. The Morgan fingerprint density at radius 1 is 1.27 bits per heavy atom. The van der Waals surface area contributed by atoms with Crippen molar-refractivity contribution in [1.29, 1.82) is 0 Å². The molecule has 1 fully saturated rings. The van der Waals surface area contributed by atoms with E-state index in [1.165, 1.54) is 6.07 Å². The summed E-state index contributed by atoms with van der Waals surface area (Å²) in [6, 6.07) is 12.8. The zero-order chi connectivity index (χ0) is 18.1. The Kier molecular flexibility index (Phi) is 4.47. The average molecular weight is 351 g/mol. The van der Waals surface area contributed by atoms with E-state index in [0.717, 1.165) is 47.1 Å². The van der Waals surface area contributed by atoms with Gasteiger partial charge in [0.15, 0.2) is 0 Å². The quantitative estimate of drug-likeness (QED) is 0.672. The van der Waals surface area contributed by atoms with Gasteiger partial charge in [-0.15, -0.1) is 0 Å². The van der Waals surface area contributed by atoms with Crippen LogP contribution in [0, 0.1) is 12.7 Å². The number of H-pyrrole nitrogens is 1. The molecule has 3 aromatic rings. The van der Waals surface area contributed by atoms with Crippen molar-refractivity contribution in [2.24, 2.45) is 0 Å². The molecular weight excluding hydrogens is 329 g/mol. The number of benzene rings is 2. The van der Waals surface area contributed by atoms with Crippen LogP contribution in [-0.2, 0) is 11.3 Å². The molecular formula is C21H22FN3O. The van der Waals surface area contributed by atoms with Crippen LogP contribution in [0.2, 0.25) is 0 Å². The molecule has 1 saturated heterocycles.